The standard InChI is InChI=1S/C23H27FN4O5S.C2H6/c1-8-32-20(30)15-16-17(34-21(26-16)28(7)22(31)33-23(3,4)5)19(29)27(6)18(15)25-14-10-9-12(2)11-13(14)24;1-2/h9-11,25H,8H2,1-7H3;1-2H3. The summed E-state index contributed by atoms with van der Waals surface area (Å²) in [6, 6.07) is 4.54. The Kier molecular flexibility index (Phi) is 9.20. The molecule has 3 rings (SSSR count). The van der Waals surface area contributed by atoms with Gasteiger partial charge >= 0.3 is 12.1 Å². The van der Waals surface area contributed by atoms with Gasteiger partial charge < -0.3 is 14.8 Å². The molecule has 0 aliphatic heterocycles. The van der Waals surface area contributed by atoms with E-state index in [2.05, 4.69) is 10.3 Å². The second-order valence-corrected chi connectivity index (χ2v) is 9.61. The van der Waals surface area contributed by atoms with Crippen molar-refractivity contribution < 1.29 is 23.5 Å². The summed E-state index contributed by atoms with van der Waals surface area (Å²) in [5.74, 6) is -1.27. The van der Waals surface area contributed by atoms with E-state index < -0.39 is 29.0 Å². The average molecular weight is 521 g/mol. The van der Waals surface area contributed by atoms with Crippen LogP contribution in [0.1, 0.15) is 57.5 Å². The van der Waals surface area contributed by atoms with Crippen LogP contribution in [0.2, 0.25) is 0 Å². The Labute approximate surface area is 213 Å². The van der Waals surface area contributed by atoms with E-state index >= 15 is 0 Å². The number of aromatic nitrogens is 2. The van der Waals surface area contributed by atoms with Crippen molar-refractivity contribution in [1.29, 1.82) is 0 Å². The van der Waals surface area contributed by atoms with E-state index in [1.165, 1.54) is 30.8 Å². The van der Waals surface area contributed by atoms with E-state index in [0.717, 1.165) is 16.2 Å². The topological polar surface area (TPSA) is 103 Å². The molecule has 11 heteroatoms. The molecule has 196 valence electrons. The van der Waals surface area contributed by atoms with Gasteiger partial charge in [-0.2, -0.15) is 0 Å². The fourth-order valence-corrected chi connectivity index (χ4v) is 4.10. The lowest BCUT2D eigenvalue weighted by Crippen LogP contribution is -2.34. The predicted octanol–water partition coefficient (Wildman–Crippen LogP) is 5.76. The zero-order valence-electron chi connectivity index (χ0n) is 22.1. The third kappa shape index (κ3) is 6.20. The van der Waals surface area contributed by atoms with E-state index in [0.29, 0.717) is 5.56 Å². The summed E-state index contributed by atoms with van der Waals surface area (Å²) in [6.07, 6.45) is -0.666. The van der Waals surface area contributed by atoms with Crippen molar-refractivity contribution >= 4 is 50.3 Å². The number of hydrogen-bond donors (Lipinski definition) is 1. The number of benzene rings is 1. The Morgan fingerprint density at radius 3 is 2.44 bits per heavy atom. The van der Waals surface area contributed by atoms with Crippen LogP contribution in [0.3, 0.4) is 0 Å². The molecule has 0 aliphatic carbocycles. The van der Waals surface area contributed by atoms with Crippen molar-refractivity contribution in [2.24, 2.45) is 7.05 Å². The maximum Gasteiger partial charge on any atom is 0.416 e. The van der Waals surface area contributed by atoms with Crippen LogP contribution >= 0.6 is 11.3 Å². The normalized spacial score (nSPS) is 10.9. The molecule has 0 atom stereocenters. The van der Waals surface area contributed by atoms with E-state index in [1.54, 1.807) is 40.7 Å². The second kappa shape index (κ2) is 11.5. The monoisotopic (exact) mass is 520 g/mol. The molecule has 0 aliphatic rings. The third-order valence-electron chi connectivity index (χ3n) is 4.74. The van der Waals surface area contributed by atoms with Gasteiger partial charge in [-0.05, 0) is 52.3 Å². The molecular formula is C25H33FN4O5S. The molecule has 3 aromatic rings. The Morgan fingerprint density at radius 2 is 1.89 bits per heavy atom. The number of carbonyl (C=O) groups is 2. The van der Waals surface area contributed by atoms with Gasteiger partial charge in [-0.15, -0.1) is 0 Å². The number of carbonyl (C=O) groups excluding carboxylic acids is 2. The molecule has 0 fully saturated rings. The molecule has 1 amide bonds. The van der Waals surface area contributed by atoms with Crippen molar-refractivity contribution in [3.8, 4) is 0 Å². The van der Waals surface area contributed by atoms with Crippen molar-refractivity contribution in [3.63, 3.8) is 0 Å². The third-order valence-corrected chi connectivity index (χ3v) is 5.86. The molecule has 0 unspecified atom stereocenters. The summed E-state index contributed by atoms with van der Waals surface area (Å²) in [5.41, 5.74) is -0.409. The van der Waals surface area contributed by atoms with Crippen molar-refractivity contribution in [2.45, 2.75) is 54.1 Å². The van der Waals surface area contributed by atoms with E-state index in [4.69, 9.17) is 9.47 Å². The summed E-state index contributed by atoms with van der Waals surface area (Å²) >= 11 is 0.941. The van der Waals surface area contributed by atoms with Crippen molar-refractivity contribution in [1.82, 2.24) is 9.55 Å². The van der Waals surface area contributed by atoms with Gasteiger partial charge in [0.25, 0.3) is 5.56 Å². The number of rotatable bonds is 5. The number of aryl methyl sites for hydroxylation is 1. The maximum absolute atomic E-state index is 14.6. The van der Waals surface area contributed by atoms with Crippen molar-refractivity contribution in [2.75, 3.05) is 23.9 Å². The lowest BCUT2D eigenvalue weighted by molar-refractivity contribution is 0.0527. The quantitative estimate of drug-likeness (QED) is 0.427. The fraction of sp³-hybridized carbons (Fsp3) is 0.440. The summed E-state index contributed by atoms with van der Waals surface area (Å²) in [6.45, 7) is 12.7. The lowest BCUT2D eigenvalue weighted by Gasteiger charge is -2.23. The van der Waals surface area contributed by atoms with Crippen LogP contribution < -0.4 is 15.8 Å². The van der Waals surface area contributed by atoms with Gasteiger partial charge in [-0.3, -0.25) is 14.3 Å². The number of halogens is 1. The first kappa shape index (κ1) is 28.8. The number of pyridine rings is 1. The maximum atomic E-state index is 14.6. The smallest absolute Gasteiger partial charge is 0.416 e. The molecule has 0 saturated heterocycles. The summed E-state index contributed by atoms with van der Waals surface area (Å²) < 4.78 is 26.5. The first-order valence-electron chi connectivity index (χ1n) is 11.5. The second-order valence-electron chi connectivity index (χ2n) is 8.63. The highest BCUT2D eigenvalue weighted by atomic mass is 32.1. The Morgan fingerprint density at radius 1 is 1.25 bits per heavy atom. The number of thiazole rings is 1. The largest absolute Gasteiger partial charge is 0.462 e. The van der Waals surface area contributed by atoms with E-state index in [-0.39, 0.29) is 39.0 Å². The minimum absolute atomic E-state index is 0.0236. The van der Waals surface area contributed by atoms with Gasteiger partial charge in [-0.1, -0.05) is 31.3 Å². The number of anilines is 3. The first-order valence-corrected chi connectivity index (χ1v) is 12.4. The molecule has 9 nitrogen and oxygen atoms in total. The zero-order chi connectivity index (χ0) is 27.4. The summed E-state index contributed by atoms with van der Waals surface area (Å²) in [7, 11) is 2.91. The fourth-order valence-electron chi connectivity index (χ4n) is 3.10. The number of ether oxygens (including phenoxy) is 2. The molecule has 0 saturated carbocycles. The lowest BCUT2D eigenvalue weighted by atomic mass is 10.2. The Balaban J connectivity index is 0.00000222. The average Bonchev–Trinajstić information content (AvgIpc) is 3.24. The van der Waals surface area contributed by atoms with Crippen LogP contribution in [0.25, 0.3) is 10.2 Å². The summed E-state index contributed by atoms with van der Waals surface area (Å²) in [5, 5.41) is 3.01. The molecular weight excluding hydrogens is 487 g/mol. The molecule has 2 heterocycles. The predicted molar refractivity (Wildman–Crippen MR) is 141 cm³/mol. The Bertz CT molecular complexity index is 1330. The zero-order valence-corrected chi connectivity index (χ0v) is 22.9. The number of esters is 1. The van der Waals surface area contributed by atoms with Crippen LogP contribution in [0.4, 0.5) is 25.8 Å². The molecule has 0 radical (unpaired) electrons. The first-order chi connectivity index (χ1) is 16.8. The van der Waals surface area contributed by atoms with Gasteiger partial charge in [0.15, 0.2) is 5.13 Å². The van der Waals surface area contributed by atoms with Gasteiger partial charge in [0.1, 0.15) is 33.0 Å². The number of nitrogens with zero attached hydrogens (tertiary/aromatic N) is 3. The highest BCUT2D eigenvalue weighted by Gasteiger charge is 2.29. The van der Waals surface area contributed by atoms with Gasteiger partial charge in [0.2, 0.25) is 0 Å². The summed E-state index contributed by atoms with van der Waals surface area (Å²) in [4.78, 5) is 44.2. The van der Waals surface area contributed by atoms with Crippen LogP contribution in [0.15, 0.2) is 23.0 Å². The highest BCUT2D eigenvalue weighted by molar-refractivity contribution is 7.22. The van der Waals surface area contributed by atoms with Crippen LogP contribution in [0, 0.1) is 12.7 Å². The van der Waals surface area contributed by atoms with E-state index in [1.807, 2.05) is 13.8 Å². The molecule has 36 heavy (non-hydrogen) atoms. The number of fused-ring (bicyclic) bond motifs is 1. The Hall–Kier alpha value is -3.47. The number of nitrogens with one attached hydrogen (secondary N) is 1. The molecule has 1 aromatic carbocycles. The van der Waals surface area contributed by atoms with Crippen molar-refractivity contribution in [3.05, 3.63) is 45.5 Å². The number of hydrogen-bond acceptors (Lipinski definition) is 8. The van der Waals surface area contributed by atoms with Crippen LogP contribution in [-0.2, 0) is 16.5 Å². The minimum Gasteiger partial charge on any atom is -0.462 e. The highest BCUT2D eigenvalue weighted by Crippen LogP contribution is 2.34. The van der Waals surface area contributed by atoms with Gasteiger partial charge in [0.05, 0.1) is 12.3 Å². The van der Waals surface area contributed by atoms with E-state index in [9.17, 15) is 18.8 Å². The minimum atomic E-state index is -0.741. The number of amides is 1. The molecule has 2 aromatic heterocycles. The van der Waals surface area contributed by atoms with Gasteiger partial charge in [0, 0.05) is 14.1 Å². The molecule has 0 bridgehead atoms. The van der Waals surface area contributed by atoms with Gasteiger partial charge in [-0.25, -0.2) is 19.0 Å². The van der Waals surface area contributed by atoms with Crippen LogP contribution in [-0.4, -0.2) is 40.9 Å². The molecule has 0 spiro atoms. The molecule has 1 N–H and O–H groups in total. The SMILES string of the molecule is CC.CCOC(=O)c1c(Nc2ccc(C)cc2F)n(C)c(=O)c2sc(N(C)C(=O)OC(C)(C)C)nc12. The van der Waals surface area contributed by atoms with Crippen LogP contribution in [0.5, 0.6) is 0 Å².